The largest absolute Gasteiger partial charge is 0.340 e. The van der Waals surface area contributed by atoms with Crippen LogP contribution in [0, 0.1) is 45.1 Å². The monoisotopic (exact) mass is 1750 g/mol. The van der Waals surface area contributed by atoms with Crippen molar-refractivity contribution in [1.82, 2.24) is 88.5 Å². The first-order chi connectivity index (χ1) is 62.0. The minimum atomic E-state index is -0.318. The topological polar surface area (TPSA) is 220 Å². The molecule has 18 aromatic heterocycles. The van der Waals surface area contributed by atoms with Gasteiger partial charge in [0.05, 0.1) is 62.7 Å². The molecule has 1 N–H and O–H groups in total. The van der Waals surface area contributed by atoms with Crippen molar-refractivity contribution < 1.29 is 13.2 Å². The minimum Gasteiger partial charge on any atom is -0.340 e. The van der Waals surface area contributed by atoms with E-state index in [1.165, 1.54) is 40.8 Å². The Labute approximate surface area is 764 Å². The predicted molar refractivity (Wildman–Crippen MR) is 525 cm³/mol. The van der Waals surface area contributed by atoms with E-state index >= 15 is 0 Å². The third-order valence-corrected chi connectivity index (χ3v) is 22.1. The molecule has 0 unspecified atom stereocenters. The van der Waals surface area contributed by atoms with E-state index in [4.69, 9.17) is 9.97 Å². The van der Waals surface area contributed by atoms with Crippen LogP contribution in [0.1, 0.15) is 204 Å². The zero-order chi connectivity index (χ0) is 93.7. The number of rotatable bonds is 9. The molecule has 0 atom stereocenters. The maximum Gasteiger partial charge on any atom is 0.152 e. The van der Waals surface area contributed by atoms with Gasteiger partial charge in [0.1, 0.15) is 40.4 Å². The van der Waals surface area contributed by atoms with Gasteiger partial charge in [-0.2, -0.15) is 0 Å². The Hall–Kier alpha value is -14.3. The summed E-state index contributed by atoms with van der Waals surface area (Å²) >= 11 is 0. The number of hydrogen-bond acceptors (Lipinski definition) is 16. The molecule has 666 valence electrons. The fourth-order valence-corrected chi connectivity index (χ4v) is 14.5. The standard InChI is InChI=1S/C20H18FN3.C19H20FN3.C19H21N3.C17H18FN3.C17H18N4.C17H19N3/c1-20(2,3)18-9-13-6-7-24(17(13)12-22-18)19-10-15-8-16(21)5-4-14(15)11-23-19;1-12-9-13(7-8-21-12)10-14-11-15(20)18-16(22-14)5-6-17(23-18)19(2,3)4;1-13-11-14(9-10-20-13)12-15-5-6-17-16(21-15)7-8-18(22-17)19(2,3)4;1-11-9-20-16(8-13(11)18)21-6-5-12-7-15(17(2,3)4)19-10-14(12)21;1-17(2,3)15-11-12(8-10-19-15)20-16-7-6-13-14(21-16)5-4-9-18-13;1-12-5-6-16(19-10-12)20-8-7-13-9-15(17(2,3)4)18-11-14(13)20/h4-12H,1-3H3;5-9,11H,10H2,1-4H3;5-11H,12H2,1-4H3;5-10H,1-4H3;4-11H,1-3H3,(H,19,20,21);5-11H,1-4H3. The predicted octanol–water partition coefficient (Wildman–Crippen LogP) is 25.9. The Bertz CT molecular complexity index is 7320. The SMILES string of the molecule is CC(C)(C)c1cc(Nc2ccc3ncccc3n2)ccn1.CC(C)(C)c1cc2ccn(-c3cc4cc(F)ccc4cn3)c2cn1.Cc1cc(Cc2cc(F)c3nc(C(C)(C)C)ccc3n2)ccn1.Cc1cc(Cc2ccc3nc(C(C)(C)C)ccc3n2)ccn1.Cc1ccc(-n2ccc3cc(C(C)(C)C)ncc32)nc1.Cc1cnc(-n2ccc3cc(C(C)(C)C)ncc32)cc1F. The van der Waals surface area contributed by atoms with Gasteiger partial charge in [-0.05, 0) is 220 Å². The second kappa shape index (κ2) is 38.2. The summed E-state index contributed by atoms with van der Waals surface area (Å²) < 4.78 is 47.6. The lowest BCUT2D eigenvalue weighted by Gasteiger charge is -2.18. The molecule has 0 bridgehead atoms. The van der Waals surface area contributed by atoms with Crippen LogP contribution in [0.3, 0.4) is 0 Å². The number of fused-ring (bicyclic) bond motifs is 7. The molecule has 19 aromatic rings. The number of benzene rings is 1. The quantitative estimate of drug-likeness (QED) is 0.142. The van der Waals surface area contributed by atoms with Gasteiger partial charge in [0.25, 0.3) is 0 Å². The molecular formula is C109H114F3N19. The van der Waals surface area contributed by atoms with Gasteiger partial charge in [0.15, 0.2) is 5.82 Å². The number of halogens is 3. The van der Waals surface area contributed by atoms with E-state index in [-0.39, 0.29) is 49.9 Å². The van der Waals surface area contributed by atoms with Gasteiger partial charge < -0.3 is 5.32 Å². The van der Waals surface area contributed by atoms with Gasteiger partial charge in [-0.15, -0.1) is 0 Å². The Morgan fingerprint density at radius 1 is 0.298 bits per heavy atom. The van der Waals surface area contributed by atoms with Crippen molar-refractivity contribution in [3.8, 4) is 17.5 Å². The first-order valence-electron chi connectivity index (χ1n) is 44.1. The molecule has 0 amide bonds. The van der Waals surface area contributed by atoms with Crippen LogP contribution >= 0.6 is 0 Å². The summed E-state index contributed by atoms with van der Waals surface area (Å²) in [7, 11) is 0. The lowest BCUT2D eigenvalue weighted by Crippen LogP contribution is -2.13. The van der Waals surface area contributed by atoms with Crippen LogP contribution in [0.2, 0.25) is 0 Å². The van der Waals surface area contributed by atoms with Crippen molar-refractivity contribution in [2.45, 2.75) is 198 Å². The Morgan fingerprint density at radius 3 is 1.33 bits per heavy atom. The zero-order valence-electron chi connectivity index (χ0n) is 78.9. The molecule has 19 nitrogen and oxygen atoms in total. The molecule has 0 fully saturated rings. The average Bonchev–Trinajstić information content (AvgIpc) is 1.28. The van der Waals surface area contributed by atoms with E-state index in [1.807, 2.05) is 158 Å². The van der Waals surface area contributed by atoms with E-state index in [2.05, 4.69) is 278 Å². The molecule has 22 heteroatoms. The maximum atomic E-state index is 14.5. The minimum absolute atomic E-state index is 0.00447. The summed E-state index contributed by atoms with van der Waals surface area (Å²) in [5.41, 5.74) is 22.7. The van der Waals surface area contributed by atoms with Crippen molar-refractivity contribution in [1.29, 1.82) is 0 Å². The van der Waals surface area contributed by atoms with Gasteiger partial charge >= 0.3 is 0 Å². The summed E-state index contributed by atoms with van der Waals surface area (Å²) in [6.07, 6.45) is 25.4. The van der Waals surface area contributed by atoms with Crippen LogP contribution in [0.15, 0.2) is 263 Å². The first-order valence-corrected chi connectivity index (χ1v) is 44.1. The number of pyridine rings is 15. The summed E-state index contributed by atoms with van der Waals surface area (Å²) in [4.78, 5) is 67.2. The van der Waals surface area contributed by atoms with Crippen LogP contribution in [0.25, 0.3) is 94.0 Å². The van der Waals surface area contributed by atoms with Gasteiger partial charge in [0.2, 0.25) is 0 Å². The van der Waals surface area contributed by atoms with Crippen LogP contribution in [0.4, 0.5) is 24.7 Å². The van der Waals surface area contributed by atoms with Crippen molar-refractivity contribution >= 4 is 88.1 Å². The highest BCUT2D eigenvalue weighted by molar-refractivity contribution is 5.87. The maximum absolute atomic E-state index is 14.5. The van der Waals surface area contributed by atoms with E-state index in [0.29, 0.717) is 34.5 Å². The summed E-state index contributed by atoms with van der Waals surface area (Å²) in [6, 6.07) is 58.1. The molecule has 0 spiro atoms. The molecule has 0 saturated carbocycles. The molecule has 19 rings (SSSR count). The number of aromatic nitrogens is 18. The van der Waals surface area contributed by atoms with Gasteiger partial charge in [0, 0.05) is 203 Å². The molecule has 1 aromatic carbocycles. The fraction of sp³-hybridized carbons (Fsp3) is 0.275. The van der Waals surface area contributed by atoms with Gasteiger partial charge in [-0.1, -0.05) is 131 Å². The zero-order valence-corrected chi connectivity index (χ0v) is 78.9. The number of hydrogen-bond donors (Lipinski definition) is 1. The first kappa shape index (κ1) is 92.9. The smallest absolute Gasteiger partial charge is 0.152 e. The highest BCUT2D eigenvalue weighted by atomic mass is 19.1. The van der Waals surface area contributed by atoms with Crippen molar-refractivity contribution in [2.75, 3.05) is 5.32 Å². The van der Waals surface area contributed by atoms with Crippen LogP contribution < -0.4 is 5.32 Å². The Balaban J connectivity index is 0.000000127. The second-order valence-electron chi connectivity index (χ2n) is 39.4. The lowest BCUT2D eigenvalue weighted by atomic mass is 9.91. The van der Waals surface area contributed by atoms with Crippen molar-refractivity contribution in [2.24, 2.45) is 0 Å². The van der Waals surface area contributed by atoms with Gasteiger partial charge in [-0.3, -0.25) is 63.5 Å². The second-order valence-corrected chi connectivity index (χ2v) is 39.4. The normalized spacial score (nSPS) is 11.9. The van der Waals surface area contributed by atoms with Crippen LogP contribution in [-0.4, -0.2) is 88.5 Å². The van der Waals surface area contributed by atoms with E-state index in [1.54, 1.807) is 37.8 Å². The highest BCUT2D eigenvalue weighted by Crippen LogP contribution is 2.34. The Morgan fingerprint density at radius 2 is 0.779 bits per heavy atom. The average molecular weight is 1750 g/mol. The molecule has 0 radical (unpaired) electrons. The van der Waals surface area contributed by atoms with Crippen molar-refractivity contribution in [3.63, 3.8) is 0 Å². The third-order valence-electron chi connectivity index (χ3n) is 22.1. The van der Waals surface area contributed by atoms with E-state index < -0.39 is 0 Å². The number of anilines is 2. The molecule has 0 saturated heterocycles. The third kappa shape index (κ3) is 23.2. The molecule has 0 aliphatic rings. The van der Waals surface area contributed by atoms with Gasteiger partial charge in [-0.25, -0.2) is 38.1 Å². The van der Waals surface area contributed by atoms with Crippen LogP contribution in [-0.2, 0) is 45.3 Å². The molecule has 0 aliphatic carbocycles. The molecule has 131 heavy (non-hydrogen) atoms. The fourth-order valence-electron chi connectivity index (χ4n) is 14.5. The van der Waals surface area contributed by atoms with E-state index in [9.17, 15) is 13.2 Å². The molecular weight excluding hydrogens is 1630 g/mol. The lowest BCUT2D eigenvalue weighted by molar-refractivity contribution is 0.568. The Kier molecular flexibility index (Phi) is 27.1. The summed E-state index contributed by atoms with van der Waals surface area (Å²) in [5.74, 6) is 2.25. The molecule has 0 aliphatic heterocycles. The summed E-state index contributed by atoms with van der Waals surface area (Å²) in [6.45, 7) is 46.3. The van der Waals surface area contributed by atoms with E-state index in [0.717, 1.165) is 147 Å². The van der Waals surface area contributed by atoms with Crippen molar-refractivity contribution in [3.05, 3.63) is 359 Å². The number of nitrogens with one attached hydrogen (secondary N) is 1. The number of aryl methyl sites for hydroxylation is 4. The number of nitrogens with zero attached hydrogens (tertiary/aromatic N) is 18. The highest BCUT2D eigenvalue weighted by Gasteiger charge is 2.24. The van der Waals surface area contributed by atoms with Crippen LogP contribution in [0.5, 0.6) is 0 Å². The summed E-state index contributed by atoms with van der Waals surface area (Å²) in [5, 5.41) is 8.49. The molecule has 18 heterocycles.